The zero-order valence-corrected chi connectivity index (χ0v) is 15.4. The van der Waals surface area contributed by atoms with Crippen LogP contribution in [0, 0.1) is 29.1 Å². The maximum absolute atomic E-state index is 14.0. The monoisotopic (exact) mass is 398 g/mol. The van der Waals surface area contributed by atoms with Gasteiger partial charge in [0.2, 0.25) is 5.82 Å². The minimum Gasteiger partial charge on any atom is -0.363 e. The summed E-state index contributed by atoms with van der Waals surface area (Å²) in [7, 11) is 0. The molecule has 2 aromatic rings. The smallest absolute Gasteiger partial charge is 0.253 e. The molecule has 2 aromatic carbocycles. The minimum absolute atomic E-state index is 0.0475. The fourth-order valence-electron chi connectivity index (χ4n) is 3.20. The highest BCUT2D eigenvalue weighted by Crippen LogP contribution is 2.31. The molecule has 3 nitrogen and oxygen atoms in total. The predicted molar refractivity (Wildman–Crippen MR) is 94.9 cm³/mol. The van der Waals surface area contributed by atoms with Gasteiger partial charge in [0.25, 0.3) is 5.91 Å². The van der Waals surface area contributed by atoms with E-state index in [0.717, 1.165) is 10.5 Å². The molecule has 28 heavy (non-hydrogen) atoms. The second kappa shape index (κ2) is 7.77. The summed E-state index contributed by atoms with van der Waals surface area (Å²) in [5, 5.41) is 0. The van der Waals surface area contributed by atoms with Crippen molar-refractivity contribution in [1.29, 1.82) is 0 Å². The molecule has 0 spiro atoms. The molecular weight excluding hydrogens is 379 g/mol. The summed E-state index contributed by atoms with van der Waals surface area (Å²) in [5.41, 5.74) is 0.617. The zero-order chi connectivity index (χ0) is 20.6. The van der Waals surface area contributed by atoms with E-state index in [1.165, 1.54) is 4.90 Å². The maximum atomic E-state index is 14.0. The molecule has 1 fully saturated rings. The van der Waals surface area contributed by atoms with E-state index in [0.29, 0.717) is 11.5 Å². The number of rotatable bonds is 3. The number of amides is 1. The van der Waals surface area contributed by atoms with Crippen LogP contribution in [-0.2, 0) is 0 Å². The normalized spacial score (nSPS) is 14.7. The van der Waals surface area contributed by atoms with Crippen molar-refractivity contribution in [3.63, 3.8) is 0 Å². The number of benzene rings is 2. The molecule has 1 aliphatic heterocycles. The Hall–Kier alpha value is -2.64. The first-order chi connectivity index (χ1) is 13.2. The fourth-order valence-corrected chi connectivity index (χ4v) is 3.20. The average molecular weight is 398 g/mol. The fraction of sp³-hybridized carbons (Fsp3) is 0.350. The van der Waals surface area contributed by atoms with Crippen LogP contribution in [0.2, 0.25) is 0 Å². The molecule has 1 amide bonds. The van der Waals surface area contributed by atoms with Gasteiger partial charge < -0.3 is 9.80 Å². The molecule has 0 unspecified atom stereocenters. The van der Waals surface area contributed by atoms with Crippen LogP contribution in [0.15, 0.2) is 24.3 Å². The lowest BCUT2D eigenvalue weighted by Gasteiger charge is -2.36. The van der Waals surface area contributed by atoms with Gasteiger partial charge in [-0.2, -0.15) is 0 Å². The van der Waals surface area contributed by atoms with Gasteiger partial charge in [-0.3, -0.25) is 4.79 Å². The van der Waals surface area contributed by atoms with Crippen LogP contribution in [0.1, 0.15) is 35.7 Å². The molecule has 1 heterocycles. The lowest BCUT2D eigenvalue weighted by Crippen LogP contribution is -2.49. The average Bonchev–Trinajstić information content (AvgIpc) is 2.71. The number of anilines is 1. The third-order valence-corrected chi connectivity index (χ3v) is 4.89. The Bertz CT molecular complexity index is 861. The minimum atomic E-state index is -2.18. The number of halogens is 5. The highest BCUT2D eigenvalue weighted by atomic mass is 19.2. The Balaban J connectivity index is 1.74. The van der Waals surface area contributed by atoms with Crippen molar-refractivity contribution in [2.75, 3.05) is 31.1 Å². The first kappa shape index (κ1) is 20.1. The molecule has 150 valence electrons. The van der Waals surface area contributed by atoms with Gasteiger partial charge in [0.15, 0.2) is 23.3 Å². The topological polar surface area (TPSA) is 23.6 Å². The summed E-state index contributed by atoms with van der Waals surface area (Å²) in [6, 6.07) is 7.16. The van der Waals surface area contributed by atoms with Crippen molar-refractivity contribution >= 4 is 11.6 Å². The van der Waals surface area contributed by atoms with Crippen LogP contribution in [-0.4, -0.2) is 37.0 Å². The van der Waals surface area contributed by atoms with Gasteiger partial charge in [0.05, 0.1) is 0 Å². The molecule has 0 N–H and O–H groups in total. The van der Waals surface area contributed by atoms with Gasteiger partial charge >= 0.3 is 0 Å². The first-order valence-electron chi connectivity index (χ1n) is 8.88. The van der Waals surface area contributed by atoms with E-state index in [-0.39, 0.29) is 32.1 Å². The molecule has 0 saturated carbocycles. The van der Waals surface area contributed by atoms with Gasteiger partial charge in [-0.15, -0.1) is 0 Å². The van der Waals surface area contributed by atoms with Crippen LogP contribution >= 0.6 is 0 Å². The van der Waals surface area contributed by atoms with Crippen LogP contribution in [0.5, 0.6) is 0 Å². The highest BCUT2D eigenvalue weighted by molar-refractivity contribution is 5.94. The van der Waals surface area contributed by atoms with E-state index in [4.69, 9.17) is 0 Å². The molecule has 0 atom stereocenters. The summed E-state index contributed by atoms with van der Waals surface area (Å²) in [4.78, 5) is 15.2. The Morgan fingerprint density at radius 2 is 1.25 bits per heavy atom. The third-order valence-electron chi connectivity index (χ3n) is 4.89. The van der Waals surface area contributed by atoms with Crippen LogP contribution in [0.3, 0.4) is 0 Å². The highest BCUT2D eigenvalue weighted by Gasteiger charge is 2.31. The number of hydrogen-bond acceptors (Lipinski definition) is 2. The van der Waals surface area contributed by atoms with Crippen molar-refractivity contribution in [3.8, 4) is 0 Å². The second-order valence-electron chi connectivity index (χ2n) is 6.97. The van der Waals surface area contributed by atoms with E-state index in [9.17, 15) is 26.7 Å². The summed E-state index contributed by atoms with van der Waals surface area (Å²) >= 11 is 0. The number of nitrogens with zero attached hydrogens (tertiary/aromatic N) is 2. The molecule has 0 aromatic heterocycles. The summed E-state index contributed by atoms with van der Waals surface area (Å²) in [5.74, 6) is -9.77. The van der Waals surface area contributed by atoms with E-state index < -0.39 is 34.8 Å². The van der Waals surface area contributed by atoms with Gasteiger partial charge in [-0.25, -0.2) is 22.0 Å². The second-order valence-corrected chi connectivity index (χ2v) is 6.97. The number of hydrogen-bond donors (Lipinski definition) is 0. The van der Waals surface area contributed by atoms with E-state index in [1.54, 1.807) is 12.1 Å². The molecule has 1 aliphatic rings. The molecule has 0 bridgehead atoms. The summed E-state index contributed by atoms with van der Waals surface area (Å²) in [6.45, 7) is 4.18. The standard InChI is InChI=1S/C20H19F5N2O/c1-11(2)12-3-5-13(6-4-12)20(28)27-9-7-26(8-10-27)19-17(24)15(22)14(21)16(23)18(19)25/h3-6,11H,7-10H2,1-2H3. The van der Waals surface area contributed by atoms with E-state index in [2.05, 4.69) is 0 Å². The number of carbonyl (C=O) groups is 1. The summed E-state index contributed by atoms with van der Waals surface area (Å²) in [6.07, 6.45) is 0. The van der Waals surface area contributed by atoms with Crippen molar-refractivity contribution in [2.24, 2.45) is 0 Å². The molecule has 3 rings (SSSR count). The molecule has 1 saturated heterocycles. The van der Waals surface area contributed by atoms with Crippen molar-refractivity contribution in [2.45, 2.75) is 19.8 Å². The van der Waals surface area contributed by atoms with Gasteiger partial charge in [0.1, 0.15) is 5.69 Å². The Morgan fingerprint density at radius 3 is 1.71 bits per heavy atom. The van der Waals surface area contributed by atoms with Crippen molar-refractivity contribution in [1.82, 2.24) is 4.90 Å². The SMILES string of the molecule is CC(C)c1ccc(C(=O)N2CCN(c3c(F)c(F)c(F)c(F)c3F)CC2)cc1. The lowest BCUT2D eigenvalue weighted by molar-refractivity contribution is 0.0746. The molecular formula is C20H19F5N2O. The van der Waals surface area contributed by atoms with E-state index >= 15 is 0 Å². The molecule has 0 radical (unpaired) electrons. The van der Waals surface area contributed by atoms with Gasteiger partial charge in [-0.1, -0.05) is 26.0 Å². The Morgan fingerprint density at radius 1 is 0.786 bits per heavy atom. The van der Waals surface area contributed by atoms with Crippen molar-refractivity contribution in [3.05, 3.63) is 64.5 Å². The van der Waals surface area contributed by atoms with Crippen LogP contribution < -0.4 is 4.90 Å². The van der Waals surface area contributed by atoms with Crippen LogP contribution in [0.25, 0.3) is 0 Å². The Kier molecular flexibility index (Phi) is 5.58. The number of piperazine rings is 1. The zero-order valence-electron chi connectivity index (χ0n) is 15.4. The third kappa shape index (κ3) is 3.55. The molecule has 8 heteroatoms. The Labute approximate surface area is 159 Å². The van der Waals surface area contributed by atoms with E-state index in [1.807, 2.05) is 26.0 Å². The van der Waals surface area contributed by atoms with Gasteiger partial charge in [-0.05, 0) is 23.6 Å². The van der Waals surface area contributed by atoms with Crippen molar-refractivity contribution < 1.29 is 26.7 Å². The van der Waals surface area contributed by atoms with Crippen LogP contribution in [0.4, 0.5) is 27.6 Å². The predicted octanol–water partition coefficient (Wildman–Crippen LogP) is 4.47. The maximum Gasteiger partial charge on any atom is 0.253 e. The lowest BCUT2D eigenvalue weighted by atomic mass is 10.0. The summed E-state index contributed by atoms with van der Waals surface area (Å²) < 4.78 is 68.0. The first-order valence-corrected chi connectivity index (χ1v) is 8.88. The largest absolute Gasteiger partial charge is 0.363 e. The molecule has 0 aliphatic carbocycles. The number of carbonyl (C=O) groups excluding carboxylic acids is 1. The van der Waals surface area contributed by atoms with Gasteiger partial charge in [0, 0.05) is 31.7 Å². The quantitative estimate of drug-likeness (QED) is 0.433.